The smallest absolute Gasteiger partial charge is 0.436 e. The van der Waals surface area contributed by atoms with E-state index in [1.165, 1.54) is 0 Å². The third kappa shape index (κ3) is 1.64. The molecule has 1 aliphatic rings. The van der Waals surface area contributed by atoms with Crippen LogP contribution in [0.4, 0.5) is 13.2 Å². The highest BCUT2D eigenvalue weighted by atomic mass is 19.4. The molecule has 2 heterocycles. The van der Waals surface area contributed by atoms with Crippen LogP contribution < -0.4 is 5.32 Å². The summed E-state index contributed by atoms with van der Waals surface area (Å²) in [6, 6.07) is 0. The van der Waals surface area contributed by atoms with Crippen molar-refractivity contribution in [2.24, 2.45) is 0 Å². The maximum absolute atomic E-state index is 12.5. The third-order valence-corrected chi connectivity index (χ3v) is 2.33. The van der Waals surface area contributed by atoms with Gasteiger partial charge in [-0.15, -0.1) is 0 Å². The van der Waals surface area contributed by atoms with Gasteiger partial charge < -0.3 is 10.4 Å². The molecule has 1 aromatic heterocycles. The number of aromatic carboxylic acids is 1. The minimum atomic E-state index is -4.74. The summed E-state index contributed by atoms with van der Waals surface area (Å²) in [5.74, 6) is -1.60. The average Bonchev–Trinajstić information content (AvgIpc) is 2.55. The second-order valence-corrected chi connectivity index (χ2v) is 3.37. The molecule has 0 amide bonds. The number of nitrogens with one attached hydrogen (secondary N) is 1. The van der Waals surface area contributed by atoms with Crippen molar-refractivity contribution in [1.29, 1.82) is 0 Å². The zero-order valence-corrected chi connectivity index (χ0v) is 8.01. The summed E-state index contributed by atoms with van der Waals surface area (Å²) in [7, 11) is 0. The van der Waals surface area contributed by atoms with Gasteiger partial charge in [-0.2, -0.15) is 18.3 Å². The van der Waals surface area contributed by atoms with Gasteiger partial charge in [0.15, 0.2) is 5.69 Å². The Kier molecular flexibility index (Phi) is 2.38. The van der Waals surface area contributed by atoms with Gasteiger partial charge in [0, 0.05) is 13.1 Å². The molecule has 0 aromatic carbocycles. The van der Waals surface area contributed by atoms with Crippen LogP contribution in [0.3, 0.4) is 0 Å². The molecule has 0 fully saturated rings. The molecule has 16 heavy (non-hydrogen) atoms. The molecule has 0 saturated heterocycles. The molecular weight excluding hydrogens is 227 g/mol. The summed E-state index contributed by atoms with van der Waals surface area (Å²) in [6.45, 7) is 0.807. The third-order valence-electron chi connectivity index (χ3n) is 2.33. The van der Waals surface area contributed by atoms with Crippen molar-refractivity contribution >= 4 is 5.97 Å². The lowest BCUT2D eigenvalue weighted by atomic mass is 10.1. The fraction of sp³-hybridized carbons (Fsp3) is 0.500. The van der Waals surface area contributed by atoms with Crippen LogP contribution in [0.2, 0.25) is 0 Å². The van der Waals surface area contributed by atoms with E-state index in [2.05, 4.69) is 10.4 Å². The molecule has 5 nitrogen and oxygen atoms in total. The number of aromatic nitrogens is 2. The monoisotopic (exact) mass is 235 g/mol. The first-order chi connectivity index (χ1) is 7.41. The van der Waals surface area contributed by atoms with Crippen molar-refractivity contribution in [3.05, 3.63) is 17.0 Å². The largest absolute Gasteiger partial charge is 0.478 e. The normalized spacial score (nSPS) is 15.9. The molecule has 2 rings (SSSR count). The highest BCUT2D eigenvalue weighted by Gasteiger charge is 2.41. The van der Waals surface area contributed by atoms with Crippen molar-refractivity contribution in [3.63, 3.8) is 0 Å². The van der Waals surface area contributed by atoms with Gasteiger partial charge >= 0.3 is 12.1 Å². The zero-order valence-electron chi connectivity index (χ0n) is 8.01. The lowest BCUT2D eigenvalue weighted by molar-refractivity contribution is -0.142. The number of nitrogens with zero attached hydrogens (tertiary/aromatic N) is 2. The van der Waals surface area contributed by atoms with Crippen molar-refractivity contribution in [1.82, 2.24) is 15.1 Å². The maximum Gasteiger partial charge on any atom is 0.436 e. The van der Waals surface area contributed by atoms with E-state index in [0.717, 1.165) is 4.68 Å². The summed E-state index contributed by atoms with van der Waals surface area (Å²) in [5.41, 5.74) is -2.00. The molecule has 0 aliphatic carbocycles. The van der Waals surface area contributed by atoms with Crippen molar-refractivity contribution in [3.8, 4) is 0 Å². The number of carboxylic acid groups (broad SMARTS) is 1. The Bertz CT molecular complexity index is 438. The Hall–Kier alpha value is -1.57. The lowest BCUT2D eigenvalue weighted by Gasteiger charge is -2.14. The number of carboxylic acids is 1. The predicted octanol–water partition coefficient (Wildman–Crippen LogP) is 0.703. The molecule has 0 atom stereocenters. The van der Waals surface area contributed by atoms with Gasteiger partial charge in [-0.1, -0.05) is 0 Å². The van der Waals surface area contributed by atoms with Crippen LogP contribution in [0.25, 0.3) is 0 Å². The summed E-state index contributed by atoms with van der Waals surface area (Å²) < 4.78 is 38.7. The zero-order chi connectivity index (χ0) is 11.9. The topological polar surface area (TPSA) is 67.1 Å². The van der Waals surface area contributed by atoms with Crippen LogP contribution in [-0.2, 0) is 19.3 Å². The van der Waals surface area contributed by atoms with E-state index in [1.54, 1.807) is 0 Å². The fourth-order valence-corrected chi connectivity index (χ4v) is 1.68. The van der Waals surface area contributed by atoms with Crippen LogP contribution in [0.5, 0.6) is 0 Å². The molecule has 0 spiro atoms. The predicted molar refractivity (Wildman–Crippen MR) is 45.9 cm³/mol. The molecule has 8 heteroatoms. The van der Waals surface area contributed by atoms with E-state index in [0.29, 0.717) is 6.54 Å². The number of carbonyl (C=O) groups is 1. The number of fused-ring (bicyclic) bond motifs is 1. The molecule has 0 radical (unpaired) electrons. The van der Waals surface area contributed by atoms with Crippen molar-refractivity contribution in [2.45, 2.75) is 19.3 Å². The van der Waals surface area contributed by atoms with Crippen LogP contribution >= 0.6 is 0 Å². The van der Waals surface area contributed by atoms with Gasteiger partial charge in [0.2, 0.25) is 0 Å². The van der Waals surface area contributed by atoms with E-state index in [1.807, 2.05) is 0 Å². The van der Waals surface area contributed by atoms with Gasteiger partial charge in [-0.05, 0) is 0 Å². The van der Waals surface area contributed by atoms with Gasteiger partial charge in [-0.25, -0.2) is 4.79 Å². The van der Waals surface area contributed by atoms with E-state index in [4.69, 9.17) is 5.11 Å². The van der Waals surface area contributed by atoms with Crippen LogP contribution in [0.15, 0.2) is 0 Å². The molecule has 2 N–H and O–H groups in total. The fourth-order valence-electron chi connectivity index (χ4n) is 1.68. The first-order valence-electron chi connectivity index (χ1n) is 4.52. The van der Waals surface area contributed by atoms with Gasteiger partial charge in [-0.3, -0.25) is 4.68 Å². The summed E-state index contributed by atoms with van der Waals surface area (Å²) in [6.07, 6.45) is -4.74. The summed E-state index contributed by atoms with van der Waals surface area (Å²) >= 11 is 0. The number of halogens is 3. The second kappa shape index (κ2) is 3.48. The Labute approximate surface area is 87.9 Å². The Morgan fingerprint density at radius 2 is 2.19 bits per heavy atom. The maximum atomic E-state index is 12.5. The molecule has 1 aromatic rings. The SMILES string of the molecule is O=C(O)c1c(C(F)(F)F)nn2c1CNCC2. The minimum Gasteiger partial charge on any atom is -0.478 e. The van der Waals surface area contributed by atoms with Crippen molar-refractivity contribution < 1.29 is 23.1 Å². The van der Waals surface area contributed by atoms with Crippen LogP contribution in [-0.4, -0.2) is 27.4 Å². The first-order valence-corrected chi connectivity index (χ1v) is 4.52. The quantitative estimate of drug-likeness (QED) is 0.752. The number of rotatable bonds is 1. The van der Waals surface area contributed by atoms with E-state index < -0.39 is 23.4 Å². The molecular formula is C8H8F3N3O2. The van der Waals surface area contributed by atoms with Crippen LogP contribution in [0, 0.1) is 0 Å². The van der Waals surface area contributed by atoms with Gasteiger partial charge in [0.1, 0.15) is 5.56 Å². The summed E-state index contributed by atoms with van der Waals surface area (Å²) in [4.78, 5) is 10.8. The highest BCUT2D eigenvalue weighted by Crippen LogP contribution is 2.33. The number of alkyl halides is 3. The van der Waals surface area contributed by atoms with Gasteiger partial charge in [0.25, 0.3) is 0 Å². The highest BCUT2D eigenvalue weighted by molar-refractivity contribution is 5.90. The van der Waals surface area contributed by atoms with Crippen LogP contribution in [0.1, 0.15) is 21.7 Å². The molecule has 0 unspecified atom stereocenters. The number of hydrogen-bond acceptors (Lipinski definition) is 3. The van der Waals surface area contributed by atoms with Gasteiger partial charge in [0.05, 0.1) is 12.2 Å². The Morgan fingerprint density at radius 1 is 1.50 bits per heavy atom. The molecule has 0 bridgehead atoms. The Balaban J connectivity index is 2.61. The minimum absolute atomic E-state index is 0.0751. The molecule has 1 aliphatic heterocycles. The van der Waals surface area contributed by atoms with Crippen molar-refractivity contribution in [2.75, 3.05) is 6.54 Å². The number of hydrogen-bond donors (Lipinski definition) is 2. The van der Waals surface area contributed by atoms with E-state index in [-0.39, 0.29) is 18.8 Å². The van der Waals surface area contributed by atoms with E-state index >= 15 is 0 Å². The molecule has 0 saturated carbocycles. The summed E-state index contributed by atoms with van der Waals surface area (Å²) in [5, 5.41) is 14.9. The second-order valence-electron chi connectivity index (χ2n) is 3.37. The first kappa shape index (κ1) is 10.9. The Morgan fingerprint density at radius 3 is 2.75 bits per heavy atom. The average molecular weight is 235 g/mol. The standard InChI is InChI=1S/C8H8F3N3O2/c9-8(10,11)6-5(7(15)16)4-3-12-1-2-14(4)13-6/h12H,1-3H2,(H,15,16). The van der Waals surface area contributed by atoms with E-state index in [9.17, 15) is 18.0 Å². The molecule has 88 valence electrons. The lowest BCUT2D eigenvalue weighted by Crippen LogP contribution is -2.29.